The van der Waals surface area contributed by atoms with Crippen LogP contribution in [0.15, 0.2) is 12.7 Å². The lowest BCUT2D eigenvalue weighted by atomic mass is 10.0. The fourth-order valence-corrected chi connectivity index (χ4v) is 2.75. The smallest absolute Gasteiger partial charge is 0.223 e. The number of carbonyl (C=O) groups is 1. The molecule has 0 aromatic rings. The van der Waals surface area contributed by atoms with Gasteiger partial charge in [-0.2, -0.15) is 0 Å². The summed E-state index contributed by atoms with van der Waals surface area (Å²) < 4.78 is 0. The highest BCUT2D eigenvalue weighted by Gasteiger charge is 2.25. The van der Waals surface area contributed by atoms with Crippen LogP contribution in [0.3, 0.4) is 0 Å². The Kier molecular flexibility index (Phi) is 7.02. The molecule has 18 heavy (non-hydrogen) atoms. The average molecular weight is 252 g/mol. The maximum absolute atomic E-state index is 12.3. The highest BCUT2D eigenvalue weighted by Crippen LogP contribution is 2.24. The largest absolute Gasteiger partial charge is 0.336 e. The fourth-order valence-electron chi connectivity index (χ4n) is 2.75. The molecule has 104 valence electrons. The van der Waals surface area contributed by atoms with E-state index in [0.29, 0.717) is 37.4 Å². The second kappa shape index (κ2) is 8.30. The van der Waals surface area contributed by atoms with Crippen molar-refractivity contribution in [1.82, 2.24) is 4.90 Å². The molecule has 0 radical (unpaired) electrons. The lowest BCUT2D eigenvalue weighted by Gasteiger charge is -2.28. The first-order chi connectivity index (χ1) is 8.69. The molecule has 0 aromatic carbocycles. The minimum absolute atomic E-state index is 0.297. The van der Waals surface area contributed by atoms with E-state index in [1.807, 2.05) is 11.0 Å². The van der Waals surface area contributed by atoms with Crippen LogP contribution in [0.2, 0.25) is 0 Å². The van der Waals surface area contributed by atoms with Gasteiger partial charge in [0.25, 0.3) is 0 Å². The second-order valence-corrected chi connectivity index (χ2v) is 5.49. The molecule has 1 unspecified atom stereocenters. The summed E-state index contributed by atoms with van der Waals surface area (Å²) in [5.41, 5.74) is 5.53. The molecule has 0 heterocycles. The maximum atomic E-state index is 12.3. The average Bonchev–Trinajstić information content (AvgIpc) is 2.87. The highest BCUT2D eigenvalue weighted by atomic mass is 16.2. The van der Waals surface area contributed by atoms with E-state index >= 15 is 0 Å². The summed E-state index contributed by atoms with van der Waals surface area (Å²) in [4.78, 5) is 14.3. The molecular formula is C15H28N2O. The molecule has 1 aliphatic carbocycles. The molecule has 0 aliphatic heterocycles. The van der Waals surface area contributed by atoms with Crippen LogP contribution in [0.1, 0.15) is 51.9 Å². The monoisotopic (exact) mass is 252 g/mol. The maximum Gasteiger partial charge on any atom is 0.223 e. The molecule has 1 atom stereocenters. The summed E-state index contributed by atoms with van der Waals surface area (Å²) in [6.45, 7) is 7.36. The van der Waals surface area contributed by atoms with Gasteiger partial charge in [-0.15, -0.1) is 6.58 Å². The number of carbonyl (C=O) groups excluding carboxylic acids is 1. The van der Waals surface area contributed by atoms with Crippen molar-refractivity contribution >= 4 is 5.91 Å². The Morgan fingerprint density at radius 3 is 2.67 bits per heavy atom. The van der Waals surface area contributed by atoms with E-state index < -0.39 is 0 Å². The minimum atomic E-state index is 0.297. The second-order valence-electron chi connectivity index (χ2n) is 5.49. The van der Waals surface area contributed by atoms with Gasteiger partial charge in [-0.25, -0.2) is 0 Å². The minimum Gasteiger partial charge on any atom is -0.336 e. The van der Waals surface area contributed by atoms with Gasteiger partial charge >= 0.3 is 0 Å². The van der Waals surface area contributed by atoms with Crippen molar-refractivity contribution < 1.29 is 4.79 Å². The van der Waals surface area contributed by atoms with Gasteiger partial charge in [0.15, 0.2) is 0 Å². The first-order valence-electron chi connectivity index (χ1n) is 7.29. The molecule has 1 amide bonds. The molecule has 0 saturated heterocycles. The molecule has 2 N–H and O–H groups in total. The zero-order valence-corrected chi connectivity index (χ0v) is 11.7. The van der Waals surface area contributed by atoms with Crippen LogP contribution in [0, 0.1) is 5.92 Å². The van der Waals surface area contributed by atoms with Crippen LogP contribution in [0.4, 0.5) is 0 Å². The van der Waals surface area contributed by atoms with Gasteiger partial charge in [-0.05, 0) is 38.1 Å². The Labute approximate surface area is 111 Å². The number of nitrogens with two attached hydrogens (primary N) is 1. The molecule has 1 fully saturated rings. The van der Waals surface area contributed by atoms with E-state index in [0.717, 1.165) is 25.7 Å². The summed E-state index contributed by atoms with van der Waals surface area (Å²) in [6.07, 6.45) is 9.32. The van der Waals surface area contributed by atoms with Crippen molar-refractivity contribution in [2.75, 3.05) is 13.1 Å². The third-order valence-corrected chi connectivity index (χ3v) is 3.92. The Morgan fingerprint density at radius 1 is 1.44 bits per heavy atom. The first-order valence-corrected chi connectivity index (χ1v) is 7.29. The van der Waals surface area contributed by atoms with Crippen molar-refractivity contribution in [3.63, 3.8) is 0 Å². The third kappa shape index (κ3) is 4.81. The van der Waals surface area contributed by atoms with Gasteiger partial charge in [0.05, 0.1) is 0 Å². The summed E-state index contributed by atoms with van der Waals surface area (Å²) in [6, 6.07) is 0.459. The van der Waals surface area contributed by atoms with Gasteiger partial charge in [-0.1, -0.05) is 25.8 Å². The van der Waals surface area contributed by atoms with Crippen LogP contribution < -0.4 is 5.73 Å². The molecule has 3 nitrogen and oxygen atoms in total. The van der Waals surface area contributed by atoms with E-state index in [4.69, 9.17) is 5.73 Å². The van der Waals surface area contributed by atoms with Crippen LogP contribution >= 0.6 is 0 Å². The fraction of sp³-hybridized carbons (Fsp3) is 0.800. The lowest BCUT2D eigenvalue weighted by Crippen LogP contribution is -2.39. The predicted molar refractivity (Wildman–Crippen MR) is 76.2 cm³/mol. The van der Waals surface area contributed by atoms with Crippen LogP contribution in [0.5, 0.6) is 0 Å². The van der Waals surface area contributed by atoms with Crippen LogP contribution in [-0.4, -0.2) is 29.9 Å². The summed E-state index contributed by atoms with van der Waals surface area (Å²) in [5, 5.41) is 0. The number of hydrogen-bond donors (Lipinski definition) is 1. The van der Waals surface area contributed by atoms with E-state index in [1.54, 1.807) is 0 Å². The van der Waals surface area contributed by atoms with Crippen molar-refractivity contribution in [2.24, 2.45) is 11.7 Å². The van der Waals surface area contributed by atoms with Crippen molar-refractivity contribution in [1.29, 1.82) is 0 Å². The van der Waals surface area contributed by atoms with Crippen molar-refractivity contribution in [2.45, 2.75) is 57.9 Å². The quantitative estimate of drug-likeness (QED) is 0.675. The van der Waals surface area contributed by atoms with Gasteiger partial charge < -0.3 is 10.6 Å². The molecule has 0 spiro atoms. The van der Waals surface area contributed by atoms with Gasteiger partial charge in [0.2, 0.25) is 5.91 Å². The summed E-state index contributed by atoms with van der Waals surface area (Å²) >= 11 is 0. The molecule has 3 heteroatoms. The number of amides is 1. The van der Waals surface area contributed by atoms with Crippen LogP contribution in [0.25, 0.3) is 0 Å². The van der Waals surface area contributed by atoms with Gasteiger partial charge in [-0.3, -0.25) is 4.79 Å². The van der Waals surface area contributed by atoms with Crippen LogP contribution in [-0.2, 0) is 4.79 Å². The normalized spacial score (nSPS) is 17.7. The van der Waals surface area contributed by atoms with E-state index in [2.05, 4.69) is 13.5 Å². The SMILES string of the molecule is C=CCN(C(=O)CCC(C)CCN)C1CCCC1. The Morgan fingerprint density at radius 2 is 2.11 bits per heavy atom. The highest BCUT2D eigenvalue weighted by molar-refractivity contribution is 5.76. The van der Waals surface area contributed by atoms with Gasteiger partial charge in [0.1, 0.15) is 0 Å². The number of rotatable bonds is 8. The van der Waals surface area contributed by atoms with E-state index in [9.17, 15) is 4.79 Å². The standard InChI is InChI=1S/C15H28N2O/c1-3-12-17(14-6-4-5-7-14)15(18)9-8-13(2)10-11-16/h3,13-14H,1,4-12,16H2,2H3. The summed E-state index contributed by atoms with van der Waals surface area (Å²) in [7, 11) is 0. The molecule has 0 aromatic heterocycles. The first kappa shape index (κ1) is 15.2. The lowest BCUT2D eigenvalue weighted by molar-refractivity contribution is -0.133. The Hall–Kier alpha value is -0.830. The van der Waals surface area contributed by atoms with Gasteiger partial charge in [0, 0.05) is 19.0 Å². The number of hydrogen-bond acceptors (Lipinski definition) is 2. The van der Waals surface area contributed by atoms with Crippen molar-refractivity contribution in [3.05, 3.63) is 12.7 Å². The summed E-state index contributed by atoms with van der Waals surface area (Å²) in [5.74, 6) is 0.846. The topological polar surface area (TPSA) is 46.3 Å². The Bertz CT molecular complexity index is 259. The van der Waals surface area contributed by atoms with Crippen molar-refractivity contribution in [3.8, 4) is 0 Å². The van der Waals surface area contributed by atoms with E-state index in [1.165, 1.54) is 12.8 Å². The molecule has 1 aliphatic rings. The zero-order valence-electron chi connectivity index (χ0n) is 11.7. The molecule has 0 bridgehead atoms. The molecule has 1 saturated carbocycles. The molecular weight excluding hydrogens is 224 g/mol. The third-order valence-electron chi connectivity index (χ3n) is 3.92. The zero-order chi connectivity index (χ0) is 13.4. The predicted octanol–water partition coefficient (Wildman–Crippen LogP) is 2.71. The number of nitrogens with zero attached hydrogens (tertiary/aromatic N) is 1. The Balaban J connectivity index is 2.41. The van der Waals surface area contributed by atoms with E-state index in [-0.39, 0.29) is 0 Å². The molecule has 1 rings (SSSR count).